The van der Waals surface area contributed by atoms with Gasteiger partial charge in [-0.15, -0.1) is 0 Å². The lowest BCUT2D eigenvalue weighted by Crippen LogP contribution is -2.44. The molecule has 5 nitrogen and oxygen atoms in total. The molecular formula is C13H23NO4. The minimum absolute atomic E-state index is 0.204. The highest BCUT2D eigenvalue weighted by Gasteiger charge is 2.34. The third-order valence-electron chi connectivity index (χ3n) is 3.40. The number of amides is 1. The Morgan fingerprint density at radius 2 is 2.17 bits per heavy atom. The van der Waals surface area contributed by atoms with E-state index in [4.69, 9.17) is 9.84 Å². The molecule has 0 aliphatic heterocycles. The van der Waals surface area contributed by atoms with Gasteiger partial charge in [-0.25, -0.2) is 0 Å². The monoisotopic (exact) mass is 257 g/mol. The summed E-state index contributed by atoms with van der Waals surface area (Å²) in [6, 6.07) is -0.243. The zero-order chi connectivity index (χ0) is 13.5. The minimum Gasteiger partial charge on any atom is -0.481 e. The van der Waals surface area contributed by atoms with Crippen molar-refractivity contribution in [3.63, 3.8) is 0 Å². The second-order valence-electron chi connectivity index (χ2n) is 4.86. The van der Waals surface area contributed by atoms with Crippen LogP contribution < -0.4 is 5.32 Å². The summed E-state index contributed by atoms with van der Waals surface area (Å²) in [7, 11) is 0. The normalized spacial score (nSPS) is 24.8. The molecule has 1 aliphatic carbocycles. The molecule has 0 radical (unpaired) electrons. The molecule has 2 N–H and O–H groups in total. The first-order valence-electron chi connectivity index (χ1n) is 6.71. The zero-order valence-corrected chi connectivity index (χ0v) is 11.1. The van der Waals surface area contributed by atoms with Crippen LogP contribution in [0, 0.1) is 5.92 Å². The largest absolute Gasteiger partial charge is 0.481 e. The third-order valence-corrected chi connectivity index (χ3v) is 3.40. The number of carbonyl (C=O) groups excluding carboxylic acids is 1. The highest BCUT2D eigenvalue weighted by molar-refractivity contribution is 5.81. The first-order valence-corrected chi connectivity index (χ1v) is 6.71. The van der Waals surface area contributed by atoms with Crippen LogP contribution in [0.2, 0.25) is 0 Å². The van der Waals surface area contributed by atoms with Gasteiger partial charge in [-0.3, -0.25) is 9.59 Å². The first kappa shape index (κ1) is 15.0. The fraction of sp³-hybridized carbons (Fsp3) is 0.846. The van der Waals surface area contributed by atoms with Gasteiger partial charge in [0.05, 0.1) is 5.92 Å². The van der Waals surface area contributed by atoms with E-state index in [1.54, 1.807) is 6.92 Å². The molecule has 5 heteroatoms. The molecule has 3 atom stereocenters. The van der Waals surface area contributed by atoms with Crippen molar-refractivity contribution in [3.8, 4) is 0 Å². The van der Waals surface area contributed by atoms with Crippen molar-refractivity contribution in [2.45, 2.75) is 58.1 Å². The fourth-order valence-electron chi connectivity index (χ4n) is 2.21. The van der Waals surface area contributed by atoms with Gasteiger partial charge in [0, 0.05) is 12.6 Å². The van der Waals surface area contributed by atoms with Crippen LogP contribution >= 0.6 is 0 Å². The topological polar surface area (TPSA) is 75.6 Å². The molecule has 104 valence electrons. The van der Waals surface area contributed by atoms with Gasteiger partial charge >= 0.3 is 5.97 Å². The Morgan fingerprint density at radius 1 is 1.44 bits per heavy atom. The van der Waals surface area contributed by atoms with Crippen LogP contribution in [0.5, 0.6) is 0 Å². The Bertz CT molecular complexity index is 293. The predicted molar refractivity (Wildman–Crippen MR) is 67.2 cm³/mol. The SMILES string of the molecule is CCCCOC(C)C(=O)N[C@@H]1CCC[C@@H]1C(=O)O. The number of rotatable bonds is 7. The number of ether oxygens (including phenoxy) is 1. The number of aliphatic carboxylic acids is 1. The van der Waals surface area contributed by atoms with E-state index >= 15 is 0 Å². The summed E-state index contributed by atoms with van der Waals surface area (Å²) in [6.45, 7) is 4.33. The number of nitrogens with one attached hydrogen (secondary N) is 1. The number of carboxylic acids is 1. The Hall–Kier alpha value is -1.10. The van der Waals surface area contributed by atoms with Crippen molar-refractivity contribution in [1.29, 1.82) is 0 Å². The van der Waals surface area contributed by atoms with Gasteiger partial charge in [-0.2, -0.15) is 0 Å². The van der Waals surface area contributed by atoms with Crippen molar-refractivity contribution < 1.29 is 19.4 Å². The molecule has 0 bridgehead atoms. The molecule has 18 heavy (non-hydrogen) atoms. The molecule has 1 fully saturated rings. The van der Waals surface area contributed by atoms with Gasteiger partial charge in [-0.1, -0.05) is 19.8 Å². The Morgan fingerprint density at radius 3 is 2.78 bits per heavy atom. The van der Waals surface area contributed by atoms with E-state index in [0.717, 1.165) is 25.7 Å². The van der Waals surface area contributed by atoms with Gasteiger partial charge in [0.1, 0.15) is 6.10 Å². The number of carboxylic acid groups (broad SMARTS) is 1. The number of hydrogen-bond acceptors (Lipinski definition) is 3. The van der Waals surface area contributed by atoms with Crippen LogP contribution in [0.3, 0.4) is 0 Å². The summed E-state index contributed by atoms with van der Waals surface area (Å²) >= 11 is 0. The van der Waals surface area contributed by atoms with Crippen molar-refractivity contribution in [3.05, 3.63) is 0 Å². The van der Waals surface area contributed by atoms with E-state index in [1.807, 2.05) is 0 Å². The number of carbonyl (C=O) groups is 2. The lowest BCUT2D eigenvalue weighted by atomic mass is 10.0. The second kappa shape index (κ2) is 7.36. The van der Waals surface area contributed by atoms with E-state index in [1.165, 1.54) is 0 Å². The Labute approximate surface area is 108 Å². The predicted octanol–water partition coefficient (Wildman–Crippen LogP) is 1.56. The molecule has 1 aliphatic rings. The van der Waals surface area contributed by atoms with Crippen molar-refractivity contribution in [2.24, 2.45) is 5.92 Å². The molecule has 1 amide bonds. The molecular weight excluding hydrogens is 234 g/mol. The van der Waals surface area contributed by atoms with E-state index in [2.05, 4.69) is 12.2 Å². The molecule has 1 rings (SSSR count). The van der Waals surface area contributed by atoms with Gasteiger partial charge < -0.3 is 15.2 Å². The third kappa shape index (κ3) is 4.29. The van der Waals surface area contributed by atoms with Gasteiger partial charge in [0.15, 0.2) is 0 Å². The van der Waals surface area contributed by atoms with E-state index < -0.39 is 18.0 Å². The highest BCUT2D eigenvalue weighted by Crippen LogP contribution is 2.25. The van der Waals surface area contributed by atoms with Crippen LogP contribution in [-0.4, -0.2) is 35.7 Å². The van der Waals surface area contributed by atoms with E-state index in [0.29, 0.717) is 13.0 Å². The van der Waals surface area contributed by atoms with Gasteiger partial charge in [0.2, 0.25) is 5.91 Å². The lowest BCUT2D eigenvalue weighted by Gasteiger charge is -2.20. The first-order chi connectivity index (χ1) is 8.56. The highest BCUT2D eigenvalue weighted by atomic mass is 16.5. The van der Waals surface area contributed by atoms with Crippen LogP contribution in [-0.2, 0) is 14.3 Å². The summed E-state index contributed by atoms with van der Waals surface area (Å²) in [5, 5.41) is 11.8. The van der Waals surface area contributed by atoms with Crippen molar-refractivity contribution >= 4 is 11.9 Å². The maximum atomic E-state index is 11.8. The fourth-order valence-corrected chi connectivity index (χ4v) is 2.21. The molecule has 1 saturated carbocycles. The average molecular weight is 257 g/mol. The standard InChI is InChI=1S/C13H23NO4/c1-3-4-8-18-9(2)12(15)14-11-7-5-6-10(11)13(16)17/h9-11H,3-8H2,1-2H3,(H,14,15)(H,16,17)/t9?,10-,11+/m0/s1. The van der Waals surface area contributed by atoms with Crippen LogP contribution in [0.25, 0.3) is 0 Å². The number of hydrogen-bond donors (Lipinski definition) is 2. The van der Waals surface area contributed by atoms with Crippen molar-refractivity contribution in [2.75, 3.05) is 6.61 Å². The van der Waals surface area contributed by atoms with Crippen molar-refractivity contribution in [1.82, 2.24) is 5.32 Å². The quantitative estimate of drug-likeness (QED) is 0.679. The Kier molecular flexibility index (Phi) is 6.12. The summed E-state index contributed by atoms with van der Waals surface area (Å²) in [5.41, 5.74) is 0. The maximum absolute atomic E-state index is 11.8. The van der Waals surface area contributed by atoms with Crippen LogP contribution in [0.15, 0.2) is 0 Å². The summed E-state index contributed by atoms with van der Waals surface area (Å²) in [4.78, 5) is 22.8. The molecule has 0 spiro atoms. The van der Waals surface area contributed by atoms with E-state index in [-0.39, 0.29) is 11.9 Å². The number of unbranched alkanes of at least 4 members (excludes halogenated alkanes) is 1. The molecule has 0 aromatic carbocycles. The molecule has 0 heterocycles. The average Bonchev–Trinajstić information content (AvgIpc) is 2.77. The molecule has 0 aromatic rings. The van der Waals surface area contributed by atoms with E-state index in [9.17, 15) is 9.59 Å². The summed E-state index contributed by atoms with van der Waals surface area (Å²) < 4.78 is 5.39. The molecule has 0 saturated heterocycles. The van der Waals surface area contributed by atoms with Crippen LogP contribution in [0.4, 0.5) is 0 Å². The van der Waals surface area contributed by atoms with Crippen LogP contribution in [0.1, 0.15) is 46.0 Å². The summed E-state index contributed by atoms with van der Waals surface area (Å²) in [6.07, 6.45) is 3.69. The maximum Gasteiger partial charge on any atom is 0.308 e. The second-order valence-corrected chi connectivity index (χ2v) is 4.86. The van der Waals surface area contributed by atoms with Gasteiger partial charge in [0.25, 0.3) is 0 Å². The molecule has 1 unspecified atom stereocenters. The smallest absolute Gasteiger partial charge is 0.308 e. The minimum atomic E-state index is -0.822. The zero-order valence-electron chi connectivity index (χ0n) is 11.1. The lowest BCUT2D eigenvalue weighted by molar-refractivity contribution is -0.142. The van der Waals surface area contributed by atoms with Gasteiger partial charge in [-0.05, 0) is 26.2 Å². The Balaban J connectivity index is 2.36. The molecule has 0 aromatic heterocycles. The summed E-state index contributed by atoms with van der Waals surface area (Å²) in [5.74, 6) is -1.47.